The lowest BCUT2D eigenvalue weighted by molar-refractivity contribution is -0.150. The predicted octanol–water partition coefficient (Wildman–Crippen LogP) is 6.06. The van der Waals surface area contributed by atoms with Gasteiger partial charge < -0.3 is 19.5 Å². The molecule has 2 aliphatic carbocycles. The Kier molecular flexibility index (Phi) is 8.76. The highest BCUT2D eigenvalue weighted by Crippen LogP contribution is 2.45. The number of carboxylic acid groups (broad SMARTS) is 1. The van der Waals surface area contributed by atoms with Crippen molar-refractivity contribution >= 4 is 17.9 Å². The monoisotopic (exact) mass is 550 g/mol. The number of rotatable bonds is 5. The summed E-state index contributed by atoms with van der Waals surface area (Å²) in [5, 5.41) is 9.22. The largest absolute Gasteiger partial charge is 0.497 e. The van der Waals surface area contributed by atoms with Gasteiger partial charge in [0.2, 0.25) is 0 Å². The number of urea groups is 1. The summed E-state index contributed by atoms with van der Waals surface area (Å²) in [6.45, 7) is 1.86. The Labute approximate surface area is 237 Å². The number of carboxylic acids is 1. The number of amides is 3. The van der Waals surface area contributed by atoms with Gasteiger partial charge in [-0.2, -0.15) is 0 Å². The van der Waals surface area contributed by atoms with Crippen LogP contribution in [0.5, 0.6) is 11.5 Å². The molecule has 2 saturated carbocycles. The standard InChI is InChI=1S/C17H22N2O3.C15H20O3/c1-18-15(20)17(19(2)16(18)21)9-7-12(8-10-17)13-5-4-6-14(11-13)22-3;1-15(14(16)17)8-6-11(7-9-15)12-4-3-5-13(10-12)18-2/h4-6,11-12H,7-10H2,1-3H3;3-5,10-11H,6-9H2,1-2H3,(H,16,17). The quantitative estimate of drug-likeness (QED) is 0.455. The van der Waals surface area contributed by atoms with Crippen molar-refractivity contribution in [1.29, 1.82) is 0 Å². The minimum Gasteiger partial charge on any atom is -0.497 e. The van der Waals surface area contributed by atoms with Crippen molar-refractivity contribution < 1.29 is 29.0 Å². The molecular weight excluding hydrogens is 508 g/mol. The number of ether oxygens (including phenoxy) is 2. The van der Waals surface area contributed by atoms with Gasteiger partial charge in [0.15, 0.2) is 0 Å². The number of likely N-dealkylation sites (N-methyl/N-ethyl adjacent to an activating group) is 2. The molecule has 0 radical (unpaired) electrons. The topological polar surface area (TPSA) is 96.4 Å². The van der Waals surface area contributed by atoms with Gasteiger partial charge in [0.25, 0.3) is 5.91 Å². The maximum absolute atomic E-state index is 12.5. The van der Waals surface area contributed by atoms with E-state index in [0.717, 1.165) is 62.9 Å². The number of carbonyl (C=O) groups is 3. The highest BCUT2D eigenvalue weighted by Gasteiger charge is 2.55. The van der Waals surface area contributed by atoms with Crippen molar-refractivity contribution in [2.75, 3.05) is 28.3 Å². The first-order valence-electron chi connectivity index (χ1n) is 14.1. The summed E-state index contributed by atoms with van der Waals surface area (Å²) in [4.78, 5) is 38.6. The van der Waals surface area contributed by atoms with Crippen molar-refractivity contribution in [3.63, 3.8) is 0 Å². The molecule has 1 N–H and O–H groups in total. The number of methoxy groups -OCH3 is 2. The van der Waals surface area contributed by atoms with Gasteiger partial charge in [0.05, 0.1) is 19.6 Å². The van der Waals surface area contributed by atoms with Crippen LogP contribution in [-0.4, -0.2) is 66.7 Å². The zero-order chi connectivity index (χ0) is 29.1. The summed E-state index contributed by atoms with van der Waals surface area (Å²) in [7, 11) is 6.66. The SMILES string of the molecule is COc1cccc(C2CCC(C)(C(=O)O)CC2)c1.COc1cccc(C2CCC3(CC2)C(=O)N(C)C(=O)N3C)c1. The fourth-order valence-corrected chi connectivity index (χ4v) is 6.52. The van der Waals surface area contributed by atoms with Crippen LogP contribution in [0.15, 0.2) is 48.5 Å². The molecule has 8 nitrogen and oxygen atoms in total. The van der Waals surface area contributed by atoms with E-state index in [9.17, 15) is 19.5 Å². The maximum atomic E-state index is 12.5. The molecule has 2 aromatic rings. The van der Waals surface area contributed by atoms with Crippen molar-refractivity contribution in [3.8, 4) is 11.5 Å². The minimum absolute atomic E-state index is 0.0518. The molecule has 3 fully saturated rings. The molecule has 8 heteroatoms. The lowest BCUT2D eigenvalue weighted by atomic mass is 9.70. The predicted molar refractivity (Wildman–Crippen MR) is 153 cm³/mol. The van der Waals surface area contributed by atoms with E-state index in [1.807, 2.05) is 31.2 Å². The second-order valence-electron chi connectivity index (χ2n) is 11.7. The fourth-order valence-electron chi connectivity index (χ4n) is 6.52. The van der Waals surface area contributed by atoms with E-state index in [1.165, 1.54) is 16.0 Å². The summed E-state index contributed by atoms with van der Waals surface area (Å²) < 4.78 is 10.5. The van der Waals surface area contributed by atoms with Crippen LogP contribution >= 0.6 is 0 Å². The van der Waals surface area contributed by atoms with E-state index in [-0.39, 0.29) is 11.9 Å². The number of hydrogen-bond donors (Lipinski definition) is 1. The van der Waals surface area contributed by atoms with Gasteiger partial charge in [-0.25, -0.2) is 4.79 Å². The second kappa shape index (κ2) is 11.9. The summed E-state index contributed by atoms with van der Waals surface area (Å²) in [6, 6.07) is 16.0. The summed E-state index contributed by atoms with van der Waals surface area (Å²) in [6.07, 6.45) is 6.65. The maximum Gasteiger partial charge on any atom is 0.327 e. The van der Waals surface area contributed by atoms with Crippen LogP contribution in [0.1, 0.15) is 81.3 Å². The molecule has 5 rings (SSSR count). The molecular formula is C32H42N2O6. The van der Waals surface area contributed by atoms with E-state index < -0.39 is 16.9 Å². The number of hydrogen-bond acceptors (Lipinski definition) is 5. The number of aliphatic carboxylic acids is 1. The Hall–Kier alpha value is -3.55. The summed E-state index contributed by atoms with van der Waals surface area (Å²) >= 11 is 0. The molecule has 1 spiro atoms. The van der Waals surface area contributed by atoms with Gasteiger partial charge >= 0.3 is 12.0 Å². The normalized spacial score (nSPS) is 28.2. The molecule has 216 valence electrons. The minimum atomic E-state index is -0.661. The highest BCUT2D eigenvalue weighted by atomic mass is 16.5. The van der Waals surface area contributed by atoms with Crippen molar-refractivity contribution in [2.45, 2.75) is 75.7 Å². The van der Waals surface area contributed by atoms with Crippen LogP contribution in [0.3, 0.4) is 0 Å². The number of imide groups is 1. The third kappa shape index (κ3) is 5.67. The molecule has 2 aromatic carbocycles. The van der Waals surface area contributed by atoms with E-state index in [0.29, 0.717) is 11.8 Å². The first kappa shape index (κ1) is 29.4. The molecule has 0 aromatic heterocycles. The molecule has 1 heterocycles. The first-order chi connectivity index (χ1) is 19.0. The van der Waals surface area contributed by atoms with E-state index in [2.05, 4.69) is 24.3 Å². The van der Waals surface area contributed by atoms with Gasteiger partial charge in [0, 0.05) is 14.1 Å². The van der Waals surface area contributed by atoms with E-state index >= 15 is 0 Å². The van der Waals surface area contributed by atoms with E-state index in [1.54, 1.807) is 33.2 Å². The summed E-state index contributed by atoms with van der Waals surface area (Å²) in [5.41, 5.74) is 1.36. The number of benzene rings is 2. The average Bonchev–Trinajstić information content (AvgIpc) is 3.14. The van der Waals surface area contributed by atoms with Crippen molar-refractivity contribution in [1.82, 2.24) is 9.80 Å². The van der Waals surface area contributed by atoms with Gasteiger partial charge in [-0.3, -0.25) is 14.5 Å². The summed E-state index contributed by atoms with van der Waals surface area (Å²) in [5.74, 6) is 1.91. The average molecular weight is 551 g/mol. The first-order valence-corrected chi connectivity index (χ1v) is 14.1. The second-order valence-corrected chi connectivity index (χ2v) is 11.7. The Morgan fingerprint density at radius 2 is 1.27 bits per heavy atom. The van der Waals surface area contributed by atoms with Crippen LogP contribution in [-0.2, 0) is 9.59 Å². The van der Waals surface area contributed by atoms with Crippen LogP contribution in [0.25, 0.3) is 0 Å². The zero-order valence-electron chi connectivity index (χ0n) is 24.3. The smallest absolute Gasteiger partial charge is 0.327 e. The Morgan fingerprint density at radius 3 is 1.65 bits per heavy atom. The molecule has 3 amide bonds. The third-order valence-corrected chi connectivity index (χ3v) is 9.47. The number of carbonyl (C=O) groups excluding carboxylic acids is 2. The lowest BCUT2D eigenvalue weighted by Crippen LogP contribution is -2.50. The van der Waals surface area contributed by atoms with Crippen LogP contribution in [0.4, 0.5) is 4.79 Å². The van der Waals surface area contributed by atoms with Crippen LogP contribution in [0, 0.1) is 5.41 Å². The van der Waals surface area contributed by atoms with Gasteiger partial charge in [-0.15, -0.1) is 0 Å². The van der Waals surface area contributed by atoms with Crippen LogP contribution in [0.2, 0.25) is 0 Å². The molecule has 1 saturated heterocycles. The van der Waals surface area contributed by atoms with Crippen molar-refractivity contribution in [2.24, 2.45) is 5.41 Å². The molecule has 0 bridgehead atoms. The van der Waals surface area contributed by atoms with E-state index in [4.69, 9.17) is 9.47 Å². The van der Waals surface area contributed by atoms with Crippen LogP contribution < -0.4 is 9.47 Å². The third-order valence-electron chi connectivity index (χ3n) is 9.47. The Balaban J connectivity index is 0.000000189. The Bertz CT molecular complexity index is 1230. The van der Waals surface area contributed by atoms with Crippen molar-refractivity contribution in [3.05, 3.63) is 59.7 Å². The lowest BCUT2D eigenvalue weighted by Gasteiger charge is -2.39. The fraction of sp³-hybridized carbons (Fsp3) is 0.531. The number of nitrogens with zero attached hydrogens (tertiary/aromatic N) is 2. The molecule has 1 aliphatic heterocycles. The molecule has 3 aliphatic rings. The van der Waals surface area contributed by atoms with Gasteiger partial charge in [0.1, 0.15) is 17.0 Å². The highest BCUT2D eigenvalue weighted by molar-refractivity contribution is 6.06. The Morgan fingerprint density at radius 1 is 0.825 bits per heavy atom. The van der Waals surface area contributed by atoms with Gasteiger partial charge in [-0.05, 0) is 106 Å². The van der Waals surface area contributed by atoms with Gasteiger partial charge in [-0.1, -0.05) is 24.3 Å². The molecule has 0 unspecified atom stereocenters. The molecule has 40 heavy (non-hydrogen) atoms. The zero-order valence-corrected chi connectivity index (χ0v) is 24.3. The molecule has 0 atom stereocenters.